The summed E-state index contributed by atoms with van der Waals surface area (Å²) >= 11 is 0. The summed E-state index contributed by atoms with van der Waals surface area (Å²) in [5.74, 6) is 0. The van der Waals surface area contributed by atoms with E-state index in [1.807, 2.05) is 0 Å². The maximum absolute atomic E-state index is 6.63. The van der Waals surface area contributed by atoms with Crippen molar-refractivity contribution in [2.75, 3.05) is 0 Å². The molecule has 19 rings (SSSR count). The zero-order chi connectivity index (χ0) is 59.0. The Morgan fingerprint density at radius 3 is 0.944 bits per heavy atom. The van der Waals surface area contributed by atoms with E-state index in [2.05, 4.69) is 315 Å². The molecule has 19 aromatic rings. The Labute approximate surface area is 518 Å². The normalized spacial score (nSPS) is 12.0. The molecule has 0 bridgehead atoms. The Hall–Kier alpha value is -11.8. The van der Waals surface area contributed by atoms with Crippen LogP contribution in [0.2, 0.25) is 0 Å². The predicted octanol–water partition coefficient (Wildman–Crippen LogP) is 25.2. The minimum Gasteiger partial charge on any atom is -0.456 e. The monoisotopic (exact) mass is 1140 g/mol. The summed E-state index contributed by atoms with van der Waals surface area (Å²) in [5.41, 5.74) is 20.0. The van der Waals surface area contributed by atoms with E-state index in [0.717, 1.165) is 77.3 Å². The number of benzene rings is 17. The van der Waals surface area contributed by atoms with Crippen LogP contribution in [0.5, 0.6) is 0 Å². The second kappa shape index (κ2) is 19.8. The third kappa shape index (κ3) is 7.98. The number of rotatable bonds is 7. The molecule has 0 amide bonds. The van der Waals surface area contributed by atoms with Crippen molar-refractivity contribution in [2.45, 2.75) is 0 Å². The Bertz CT molecular complexity index is 6200. The second-order valence-corrected chi connectivity index (χ2v) is 24.2. The van der Waals surface area contributed by atoms with Crippen LogP contribution in [0.4, 0.5) is 0 Å². The Balaban J connectivity index is 0.823. The number of furan rings is 2. The van der Waals surface area contributed by atoms with Gasteiger partial charge in [-0.15, -0.1) is 0 Å². The smallest absolute Gasteiger partial charge is 0.136 e. The summed E-state index contributed by atoms with van der Waals surface area (Å²) in [4.78, 5) is 0. The van der Waals surface area contributed by atoms with Gasteiger partial charge in [0.2, 0.25) is 0 Å². The molecule has 0 atom stereocenters. The van der Waals surface area contributed by atoms with E-state index in [0.29, 0.717) is 0 Å². The van der Waals surface area contributed by atoms with Gasteiger partial charge in [-0.25, -0.2) is 0 Å². The summed E-state index contributed by atoms with van der Waals surface area (Å²) < 4.78 is 13.2. The molecule has 2 heterocycles. The third-order valence-corrected chi connectivity index (χ3v) is 19.1. The summed E-state index contributed by atoms with van der Waals surface area (Å²) in [6.07, 6.45) is 0. The fourth-order valence-electron chi connectivity index (χ4n) is 14.9. The van der Waals surface area contributed by atoms with E-state index in [-0.39, 0.29) is 0 Å². The van der Waals surface area contributed by atoms with Crippen molar-refractivity contribution in [2.24, 2.45) is 0 Å². The molecule has 0 aliphatic heterocycles. The van der Waals surface area contributed by atoms with Gasteiger partial charge in [-0.1, -0.05) is 237 Å². The van der Waals surface area contributed by atoms with Crippen LogP contribution in [-0.2, 0) is 0 Å². The van der Waals surface area contributed by atoms with Crippen molar-refractivity contribution >= 4 is 119 Å². The minimum atomic E-state index is 0.880. The van der Waals surface area contributed by atoms with Crippen molar-refractivity contribution in [1.82, 2.24) is 0 Å². The van der Waals surface area contributed by atoms with Crippen molar-refractivity contribution in [3.63, 3.8) is 0 Å². The zero-order valence-electron chi connectivity index (χ0n) is 48.8. The van der Waals surface area contributed by atoms with Crippen LogP contribution in [0.25, 0.3) is 197 Å². The molecule has 2 aromatic heterocycles. The lowest BCUT2D eigenvalue weighted by atomic mass is 9.83. The summed E-state index contributed by atoms with van der Waals surface area (Å²) in [5, 5.41) is 21.2. The molecule has 0 saturated carbocycles. The molecule has 0 radical (unpaired) electrons. The average molecular weight is 1140 g/mol. The second-order valence-electron chi connectivity index (χ2n) is 24.2. The lowest BCUT2D eigenvalue weighted by Crippen LogP contribution is -1.93. The van der Waals surface area contributed by atoms with E-state index >= 15 is 0 Å². The Morgan fingerprint density at radius 1 is 0.133 bits per heavy atom. The van der Waals surface area contributed by atoms with E-state index in [9.17, 15) is 0 Å². The largest absolute Gasteiger partial charge is 0.456 e. The van der Waals surface area contributed by atoms with Crippen LogP contribution in [0, 0.1) is 0 Å². The van der Waals surface area contributed by atoms with Gasteiger partial charge in [-0.05, 0) is 232 Å². The molecular weight excluding hydrogens is 1090 g/mol. The van der Waals surface area contributed by atoms with Gasteiger partial charge in [0.15, 0.2) is 0 Å². The van der Waals surface area contributed by atoms with Crippen molar-refractivity contribution < 1.29 is 8.83 Å². The summed E-state index contributed by atoms with van der Waals surface area (Å²) in [7, 11) is 0. The van der Waals surface area contributed by atoms with Gasteiger partial charge in [0, 0.05) is 21.5 Å². The first-order chi connectivity index (χ1) is 44.6. The van der Waals surface area contributed by atoms with Crippen LogP contribution in [0.15, 0.2) is 324 Å². The standard InChI is InChI=1S/C88H52O2/c1-3-16-53(17-4-1)63-32-37-72-79(46-63)88(66-31-30-54-18-7-8-21-56(54)43-66)80-48-65(34-39-73(80)87(72)68-36-41-82-75(50-68)77-45-60-23-10-12-25-62(60)52-84(77)90-82)58-27-15-26-57(42-58)64-33-38-71-78(47-64)85(55-19-5-2-6-20-55)69-28-13-14-29-70(69)86(71)67-35-40-81-74(49-67)76-44-59-22-9-11-24-61(59)51-83(76)89-81/h1-52H. The van der Waals surface area contributed by atoms with E-state index in [1.54, 1.807) is 0 Å². The quantitative estimate of drug-likeness (QED) is 0.149. The molecule has 0 N–H and O–H groups in total. The molecule has 90 heavy (non-hydrogen) atoms. The van der Waals surface area contributed by atoms with E-state index in [4.69, 9.17) is 8.83 Å². The molecule has 0 fully saturated rings. The Morgan fingerprint density at radius 2 is 0.444 bits per heavy atom. The average Bonchev–Trinajstić information content (AvgIpc) is 0.925. The molecule has 0 unspecified atom stereocenters. The first kappa shape index (κ1) is 50.3. The maximum Gasteiger partial charge on any atom is 0.136 e. The Kier molecular flexibility index (Phi) is 11.1. The maximum atomic E-state index is 6.63. The molecule has 0 aliphatic carbocycles. The van der Waals surface area contributed by atoms with E-state index in [1.165, 1.54) is 120 Å². The summed E-state index contributed by atoms with van der Waals surface area (Å²) in [6.45, 7) is 0. The first-order valence-corrected chi connectivity index (χ1v) is 31.0. The highest BCUT2D eigenvalue weighted by Gasteiger charge is 2.23. The topological polar surface area (TPSA) is 26.3 Å². The predicted molar refractivity (Wildman–Crippen MR) is 382 cm³/mol. The van der Waals surface area contributed by atoms with Crippen molar-refractivity contribution in [3.05, 3.63) is 315 Å². The highest BCUT2D eigenvalue weighted by molar-refractivity contribution is 6.25. The zero-order valence-corrected chi connectivity index (χ0v) is 48.8. The minimum absolute atomic E-state index is 0.880. The highest BCUT2D eigenvalue weighted by atomic mass is 16.3. The van der Waals surface area contributed by atoms with Crippen LogP contribution in [-0.4, -0.2) is 0 Å². The molecule has 17 aromatic carbocycles. The highest BCUT2D eigenvalue weighted by Crippen LogP contribution is 2.50. The molecule has 2 heteroatoms. The van der Waals surface area contributed by atoms with Gasteiger partial charge in [0.1, 0.15) is 22.3 Å². The van der Waals surface area contributed by atoms with Gasteiger partial charge >= 0.3 is 0 Å². The fourth-order valence-corrected chi connectivity index (χ4v) is 14.9. The van der Waals surface area contributed by atoms with Gasteiger partial charge in [-0.3, -0.25) is 0 Å². The number of hydrogen-bond acceptors (Lipinski definition) is 2. The van der Waals surface area contributed by atoms with Crippen LogP contribution in [0.1, 0.15) is 0 Å². The van der Waals surface area contributed by atoms with Crippen LogP contribution in [0.3, 0.4) is 0 Å². The molecule has 2 nitrogen and oxygen atoms in total. The van der Waals surface area contributed by atoms with Crippen LogP contribution >= 0.6 is 0 Å². The lowest BCUT2D eigenvalue weighted by molar-refractivity contribution is 0.669. The summed E-state index contributed by atoms with van der Waals surface area (Å²) in [6, 6.07) is 117. The van der Waals surface area contributed by atoms with Crippen molar-refractivity contribution in [3.8, 4) is 77.9 Å². The number of fused-ring (bicyclic) bond motifs is 13. The molecule has 0 spiro atoms. The molecule has 0 saturated heterocycles. The molecule has 0 aliphatic rings. The third-order valence-electron chi connectivity index (χ3n) is 19.1. The molecule has 416 valence electrons. The fraction of sp³-hybridized carbons (Fsp3) is 0. The molecular formula is C88H52O2. The van der Waals surface area contributed by atoms with Crippen molar-refractivity contribution in [1.29, 1.82) is 0 Å². The van der Waals surface area contributed by atoms with Gasteiger partial charge < -0.3 is 8.83 Å². The first-order valence-electron chi connectivity index (χ1n) is 31.0. The van der Waals surface area contributed by atoms with Gasteiger partial charge in [0.25, 0.3) is 0 Å². The van der Waals surface area contributed by atoms with Gasteiger partial charge in [-0.2, -0.15) is 0 Å². The van der Waals surface area contributed by atoms with E-state index < -0.39 is 0 Å². The van der Waals surface area contributed by atoms with Crippen LogP contribution < -0.4 is 0 Å². The SMILES string of the molecule is c1ccc(-c2ccc3c(-c4ccc5oc6cc7ccccc7cc6c5c4)c4ccc(-c5cccc(-c6ccc7c(-c8ccc9oc%10cc%11ccccc%11cc%10c9c8)c8ccccc8c(-c8ccccc8)c7c6)c5)cc4c(-c4ccc5ccccc5c4)c3c2)cc1. The number of hydrogen-bond donors (Lipinski definition) is 0. The lowest BCUT2D eigenvalue weighted by Gasteiger charge is -2.20. The van der Waals surface area contributed by atoms with Gasteiger partial charge in [0.05, 0.1) is 0 Å².